The van der Waals surface area contributed by atoms with E-state index in [-0.39, 0.29) is 5.76 Å². The average Bonchev–Trinajstić information content (AvgIpc) is 2.78. The van der Waals surface area contributed by atoms with Gasteiger partial charge in [-0.25, -0.2) is 4.79 Å². The molecule has 0 saturated heterocycles. The van der Waals surface area contributed by atoms with Crippen molar-refractivity contribution in [2.75, 3.05) is 6.54 Å². The minimum atomic E-state index is -1.03. The minimum absolute atomic E-state index is 0.0108. The number of nitrogens with zero attached hydrogens (tertiary/aromatic N) is 1. The lowest BCUT2D eigenvalue weighted by molar-refractivity contribution is 0.0665. The van der Waals surface area contributed by atoms with Crippen molar-refractivity contribution < 1.29 is 14.3 Å². The number of hydrogen-bond acceptors (Lipinski definition) is 3. The molecule has 4 heteroatoms. The monoisotopic (exact) mass is 261 g/mol. The third-order valence-electron chi connectivity index (χ3n) is 3.31. The lowest BCUT2D eigenvalue weighted by atomic mass is 10.1. The molecule has 0 aliphatic heterocycles. The predicted octanol–water partition coefficient (Wildman–Crippen LogP) is 3.36. The van der Waals surface area contributed by atoms with E-state index in [4.69, 9.17) is 9.52 Å². The SMILES string of the molecule is CCN(Cc1ccc2oc(C(=O)O)cc2c1)C(C)C. The zero-order chi connectivity index (χ0) is 14.0. The van der Waals surface area contributed by atoms with Gasteiger partial charge in [-0.05, 0) is 44.2 Å². The molecular formula is C15H19NO3. The summed E-state index contributed by atoms with van der Waals surface area (Å²) in [4.78, 5) is 13.2. The molecule has 0 unspecified atom stereocenters. The van der Waals surface area contributed by atoms with Crippen LogP contribution >= 0.6 is 0 Å². The van der Waals surface area contributed by atoms with Crippen molar-refractivity contribution in [2.24, 2.45) is 0 Å². The first-order valence-electron chi connectivity index (χ1n) is 6.51. The van der Waals surface area contributed by atoms with E-state index in [2.05, 4.69) is 25.7 Å². The fraction of sp³-hybridized carbons (Fsp3) is 0.400. The second-order valence-electron chi connectivity index (χ2n) is 4.94. The Balaban J connectivity index is 2.28. The van der Waals surface area contributed by atoms with Gasteiger partial charge in [0.2, 0.25) is 5.76 Å². The van der Waals surface area contributed by atoms with Crippen LogP contribution in [-0.4, -0.2) is 28.6 Å². The topological polar surface area (TPSA) is 53.7 Å². The second-order valence-corrected chi connectivity index (χ2v) is 4.94. The van der Waals surface area contributed by atoms with E-state index < -0.39 is 5.97 Å². The van der Waals surface area contributed by atoms with Gasteiger partial charge in [-0.15, -0.1) is 0 Å². The zero-order valence-corrected chi connectivity index (χ0v) is 11.5. The van der Waals surface area contributed by atoms with Crippen LogP contribution in [0.15, 0.2) is 28.7 Å². The number of hydrogen-bond donors (Lipinski definition) is 1. The summed E-state index contributed by atoms with van der Waals surface area (Å²) < 4.78 is 5.25. The fourth-order valence-corrected chi connectivity index (χ4v) is 2.19. The van der Waals surface area contributed by atoms with E-state index >= 15 is 0 Å². The maximum absolute atomic E-state index is 10.9. The largest absolute Gasteiger partial charge is 0.475 e. The van der Waals surface area contributed by atoms with Gasteiger partial charge >= 0.3 is 5.97 Å². The highest BCUT2D eigenvalue weighted by atomic mass is 16.4. The van der Waals surface area contributed by atoms with Crippen molar-refractivity contribution in [1.29, 1.82) is 0 Å². The molecule has 0 bridgehead atoms. The van der Waals surface area contributed by atoms with Crippen LogP contribution in [0.4, 0.5) is 0 Å². The van der Waals surface area contributed by atoms with E-state index in [0.29, 0.717) is 11.6 Å². The average molecular weight is 261 g/mol. The molecule has 19 heavy (non-hydrogen) atoms. The predicted molar refractivity (Wildman–Crippen MR) is 74.4 cm³/mol. The Labute approximate surface area is 112 Å². The van der Waals surface area contributed by atoms with Crippen molar-refractivity contribution in [1.82, 2.24) is 4.90 Å². The Bertz CT molecular complexity index is 586. The Hall–Kier alpha value is -1.81. The highest BCUT2D eigenvalue weighted by molar-refractivity contribution is 5.91. The molecule has 0 amide bonds. The van der Waals surface area contributed by atoms with Crippen molar-refractivity contribution in [2.45, 2.75) is 33.4 Å². The van der Waals surface area contributed by atoms with E-state index in [9.17, 15) is 4.79 Å². The number of rotatable bonds is 5. The number of carbonyl (C=O) groups is 1. The lowest BCUT2D eigenvalue weighted by Crippen LogP contribution is -2.29. The van der Waals surface area contributed by atoms with Crippen molar-refractivity contribution >= 4 is 16.9 Å². The molecule has 1 N–H and O–H groups in total. The van der Waals surface area contributed by atoms with Gasteiger partial charge in [0.25, 0.3) is 0 Å². The summed E-state index contributed by atoms with van der Waals surface area (Å²) in [6, 6.07) is 7.89. The van der Waals surface area contributed by atoms with Crippen LogP contribution in [0.2, 0.25) is 0 Å². The molecule has 2 rings (SSSR count). The minimum Gasteiger partial charge on any atom is -0.475 e. The number of fused-ring (bicyclic) bond motifs is 1. The summed E-state index contributed by atoms with van der Waals surface area (Å²) in [7, 11) is 0. The van der Waals surface area contributed by atoms with Gasteiger partial charge in [0.1, 0.15) is 5.58 Å². The quantitative estimate of drug-likeness (QED) is 0.896. The normalized spacial score (nSPS) is 11.6. The van der Waals surface area contributed by atoms with Gasteiger partial charge < -0.3 is 9.52 Å². The molecule has 1 aromatic carbocycles. The molecule has 0 aliphatic carbocycles. The van der Waals surface area contributed by atoms with E-state index in [1.165, 1.54) is 5.56 Å². The number of carboxylic acids is 1. The van der Waals surface area contributed by atoms with Crippen molar-refractivity contribution in [3.63, 3.8) is 0 Å². The van der Waals surface area contributed by atoms with Gasteiger partial charge in [0.05, 0.1) is 0 Å². The van der Waals surface area contributed by atoms with E-state index in [1.54, 1.807) is 6.07 Å². The fourth-order valence-electron chi connectivity index (χ4n) is 2.19. The molecule has 0 spiro atoms. The summed E-state index contributed by atoms with van der Waals surface area (Å²) >= 11 is 0. The maximum atomic E-state index is 10.9. The lowest BCUT2D eigenvalue weighted by Gasteiger charge is -2.24. The Morgan fingerprint density at radius 2 is 2.11 bits per heavy atom. The molecule has 102 valence electrons. The molecule has 2 aromatic rings. The first-order valence-corrected chi connectivity index (χ1v) is 6.51. The van der Waals surface area contributed by atoms with Crippen LogP contribution in [0.1, 0.15) is 36.9 Å². The molecule has 0 fully saturated rings. The van der Waals surface area contributed by atoms with Crippen LogP contribution in [0.3, 0.4) is 0 Å². The van der Waals surface area contributed by atoms with Gasteiger partial charge in [0, 0.05) is 18.0 Å². The van der Waals surface area contributed by atoms with Crippen molar-refractivity contribution in [3.05, 3.63) is 35.6 Å². The third-order valence-corrected chi connectivity index (χ3v) is 3.31. The first-order chi connectivity index (χ1) is 9.01. The Morgan fingerprint density at radius 3 is 2.68 bits per heavy atom. The number of furan rings is 1. The first kappa shape index (κ1) is 13.6. The zero-order valence-electron chi connectivity index (χ0n) is 11.5. The highest BCUT2D eigenvalue weighted by Gasteiger charge is 2.12. The third kappa shape index (κ3) is 2.96. The number of benzene rings is 1. The summed E-state index contributed by atoms with van der Waals surface area (Å²) in [5.74, 6) is -1.04. The van der Waals surface area contributed by atoms with Gasteiger partial charge in [-0.2, -0.15) is 0 Å². The summed E-state index contributed by atoms with van der Waals surface area (Å²) in [5.41, 5.74) is 1.79. The molecule has 1 heterocycles. The smallest absolute Gasteiger partial charge is 0.371 e. The molecule has 0 radical (unpaired) electrons. The van der Waals surface area contributed by atoms with Gasteiger partial charge in [-0.3, -0.25) is 4.90 Å². The number of carboxylic acid groups (broad SMARTS) is 1. The summed E-state index contributed by atoms with van der Waals surface area (Å²) in [5, 5.41) is 9.75. The molecule has 0 aliphatic rings. The van der Waals surface area contributed by atoms with Gasteiger partial charge in [-0.1, -0.05) is 13.0 Å². The van der Waals surface area contributed by atoms with E-state index in [0.717, 1.165) is 18.5 Å². The Kier molecular flexibility index (Phi) is 3.90. The highest BCUT2D eigenvalue weighted by Crippen LogP contribution is 2.22. The molecular weight excluding hydrogens is 242 g/mol. The van der Waals surface area contributed by atoms with Crippen molar-refractivity contribution in [3.8, 4) is 0 Å². The van der Waals surface area contributed by atoms with E-state index in [1.807, 2.05) is 18.2 Å². The molecule has 4 nitrogen and oxygen atoms in total. The molecule has 0 atom stereocenters. The van der Waals surface area contributed by atoms with Gasteiger partial charge in [0.15, 0.2) is 0 Å². The molecule has 0 saturated carbocycles. The Morgan fingerprint density at radius 1 is 1.37 bits per heavy atom. The molecule has 1 aromatic heterocycles. The van der Waals surface area contributed by atoms with Crippen LogP contribution in [-0.2, 0) is 6.54 Å². The maximum Gasteiger partial charge on any atom is 0.371 e. The standard InChI is InChI=1S/C15H19NO3/c1-4-16(10(2)3)9-11-5-6-13-12(7-11)8-14(19-13)15(17)18/h5-8,10H,4,9H2,1-3H3,(H,17,18). The number of aromatic carboxylic acids is 1. The van der Waals surface area contributed by atoms with Crippen LogP contribution in [0, 0.1) is 0 Å². The van der Waals surface area contributed by atoms with Crippen LogP contribution < -0.4 is 0 Å². The second kappa shape index (κ2) is 5.45. The summed E-state index contributed by atoms with van der Waals surface area (Å²) in [6.07, 6.45) is 0. The van der Waals surface area contributed by atoms with Crippen LogP contribution in [0.25, 0.3) is 11.0 Å². The summed E-state index contributed by atoms with van der Waals surface area (Å²) in [6.45, 7) is 8.32. The van der Waals surface area contributed by atoms with Crippen LogP contribution in [0.5, 0.6) is 0 Å².